The van der Waals surface area contributed by atoms with E-state index in [1.807, 2.05) is 6.07 Å². The molecule has 1 fully saturated rings. The van der Waals surface area contributed by atoms with Gasteiger partial charge in [-0.3, -0.25) is 4.79 Å². The third-order valence-corrected chi connectivity index (χ3v) is 4.23. The van der Waals surface area contributed by atoms with Crippen molar-refractivity contribution < 1.29 is 4.79 Å². The molecule has 0 heterocycles. The molecule has 1 aliphatic carbocycles. The van der Waals surface area contributed by atoms with E-state index in [0.29, 0.717) is 0 Å². The smallest absolute Gasteiger partial charge is 0.223 e. The van der Waals surface area contributed by atoms with Crippen LogP contribution in [0.4, 0.5) is 0 Å². The minimum atomic E-state index is 0.192. The molecule has 1 aliphatic rings. The highest BCUT2D eigenvalue weighted by atomic mass is 16.1. The largest absolute Gasteiger partial charge is 0.352 e. The Balaban J connectivity index is 1.93. The van der Waals surface area contributed by atoms with Gasteiger partial charge >= 0.3 is 0 Å². The van der Waals surface area contributed by atoms with Gasteiger partial charge < -0.3 is 10.2 Å². The number of amides is 1. The van der Waals surface area contributed by atoms with Crippen molar-refractivity contribution >= 4 is 5.91 Å². The normalized spacial score (nSPS) is 17.7. The molecule has 0 saturated heterocycles. The van der Waals surface area contributed by atoms with Crippen molar-refractivity contribution in [2.24, 2.45) is 5.92 Å². The van der Waals surface area contributed by atoms with Crippen molar-refractivity contribution in [3.63, 3.8) is 0 Å². The van der Waals surface area contributed by atoms with Crippen LogP contribution in [-0.4, -0.2) is 37.5 Å². The summed E-state index contributed by atoms with van der Waals surface area (Å²) >= 11 is 0. The van der Waals surface area contributed by atoms with Gasteiger partial charge in [0.15, 0.2) is 0 Å². The Labute approximate surface area is 128 Å². The molecule has 0 bridgehead atoms. The fourth-order valence-corrected chi connectivity index (χ4v) is 3.18. The summed E-state index contributed by atoms with van der Waals surface area (Å²) in [4.78, 5) is 14.6. The molecule has 3 nitrogen and oxygen atoms in total. The number of carbonyl (C=O) groups is 1. The molecule has 0 aromatic heterocycles. The first-order valence-corrected chi connectivity index (χ1v) is 8.14. The summed E-state index contributed by atoms with van der Waals surface area (Å²) in [6, 6.07) is 10.6. The monoisotopic (exact) mass is 288 g/mol. The van der Waals surface area contributed by atoms with E-state index in [2.05, 4.69) is 48.6 Å². The lowest BCUT2D eigenvalue weighted by atomic mass is 9.88. The Kier molecular flexibility index (Phi) is 6.24. The lowest BCUT2D eigenvalue weighted by Gasteiger charge is -2.27. The fraction of sp³-hybridized carbons (Fsp3) is 0.611. The zero-order chi connectivity index (χ0) is 15.1. The van der Waals surface area contributed by atoms with Gasteiger partial charge in [-0.2, -0.15) is 0 Å². The van der Waals surface area contributed by atoms with E-state index in [-0.39, 0.29) is 17.9 Å². The second kappa shape index (κ2) is 8.18. The molecule has 1 saturated carbocycles. The van der Waals surface area contributed by atoms with Gasteiger partial charge in [-0.25, -0.2) is 0 Å². The van der Waals surface area contributed by atoms with Gasteiger partial charge in [0.05, 0.1) is 0 Å². The van der Waals surface area contributed by atoms with E-state index >= 15 is 0 Å². The first-order valence-electron chi connectivity index (χ1n) is 8.14. The Hall–Kier alpha value is -1.35. The highest BCUT2D eigenvalue weighted by molar-refractivity contribution is 5.79. The Morgan fingerprint density at radius 1 is 1.19 bits per heavy atom. The summed E-state index contributed by atoms with van der Waals surface area (Å²) in [5.74, 6) is 0.497. The van der Waals surface area contributed by atoms with E-state index in [9.17, 15) is 4.79 Å². The lowest BCUT2D eigenvalue weighted by Crippen LogP contribution is -2.45. The van der Waals surface area contributed by atoms with Crippen LogP contribution in [0.15, 0.2) is 30.3 Å². The van der Waals surface area contributed by atoms with Gasteiger partial charge in [0.25, 0.3) is 0 Å². The van der Waals surface area contributed by atoms with Crippen LogP contribution < -0.4 is 5.32 Å². The van der Waals surface area contributed by atoms with Gasteiger partial charge in [-0.1, -0.05) is 49.6 Å². The van der Waals surface area contributed by atoms with Crippen molar-refractivity contribution in [2.75, 3.05) is 20.6 Å². The summed E-state index contributed by atoms with van der Waals surface area (Å²) in [5.41, 5.74) is 1.29. The quantitative estimate of drug-likeness (QED) is 0.873. The van der Waals surface area contributed by atoms with Crippen LogP contribution >= 0.6 is 0 Å². The molecule has 0 radical (unpaired) electrons. The minimum absolute atomic E-state index is 0.192. The molecule has 0 unspecified atom stereocenters. The molecule has 21 heavy (non-hydrogen) atoms. The van der Waals surface area contributed by atoms with Crippen LogP contribution in [0.3, 0.4) is 0 Å². The van der Waals surface area contributed by atoms with Gasteiger partial charge in [-0.15, -0.1) is 0 Å². The van der Waals surface area contributed by atoms with Crippen LogP contribution in [0.25, 0.3) is 0 Å². The number of likely N-dealkylation sites (N-methyl/N-ethyl adjacent to an activating group) is 1. The van der Waals surface area contributed by atoms with Crippen molar-refractivity contribution in [2.45, 2.75) is 44.6 Å². The molecular formula is C18H28N2O. The molecule has 2 rings (SSSR count). The number of hydrogen-bond donors (Lipinski definition) is 1. The van der Waals surface area contributed by atoms with Crippen LogP contribution in [0.1, 0.15) is 37.7 Å². The summed E-state index contributed by atoms with van der Waals surface area (Å²) < 4.78 is 0. The first kappa shape index (κ1) is 16.0. The van der Waals surface area contributed by atoms with Crippen molar-refractivity contribution in [3.8, 4) is 0 Å². The maximum absolute atomic E-state index is 12.5. The molecule has 1 aromatic carbocycles. The van der Waals surface area contributed by atoms with E-state index in [1.54, 1.807) is 0 Å². The van der Waals surface area contributed by atoms with Crippen LogP contribution in [0, 0.1) is 5.92 Å². The molecule has 1 aromatic rings. The standard InChI is InChI=1S/C18H28N2O/c1-20(2)14-17(13-15-9-5-3-6-10-15)19-18(21)16-11-7-4-8-12-16/h3,5-6,9-10,16-17H,4,7-8,11-14H2,1-2H3,(H,19,21)/t17-/m0/s1. The third kappa shape index (κ3) is 5.50. The number of carbonyl (C=O) groups excluding carboxylic acids is 1. The molecular weight excluding hydrogens is 260 g/mol. The predicted octanol–water partition coefficient (Wildman–Crippen LogP) is 2.86. The number of benzene rings is 1. The van der Waals surface area contributed by atoms with Gasteiger partial charge in [0.1, 0.15) is 0 Å². The van der Waals surface area contributed by atoms with Crippen molar-refractivity contribution in [1.82, 2.24) is 10.2 Å². The summed E-state index contributed by atoms with van der Waals surface area (Å²) in [5, 5.41) is 3.29. The predicted molar refractivity (Wildman–Crippen MR) is 87.2 cm³/mol. The topological polar surface area (TPSA) is 32.3 Å². The third-order valence-electron chi connectivity index (χ3n) is 4.23. The number of rotatable bonds is 6. The number of nitrogens with zero attached hydrogens (tertiary/aromatic N) is 1. The SMILES string of the molecule is CN(C)C[C@H](Cc1ccccc1)NC(=O)C1CCCCC1. The highest BCUT2D eigenvalue weighted by Gasteiger charge is 2.23. The van der Waals surface area contributed by atoms with Crippen molar-refractivity contribution in [3.05, 3.63) is 35.9 Å². The van der Waals surface area contributed by atoms with E-state index in [1.165, 1.54) is 24.8 Å². The van der Waals surface area contributed by atoms with E-state index < -0.39 is 0 Å². The average Bonchev–Trinajstić information content (AvgIpc) is 2.48. The maximum atomic E-state index is 12.5. The molecule has 1 atom stereocenters. The molecule has 1 N–H and O–H groups in total. The number of nitrogens with one attached hydrogen (secondary N) is 1. The number of hydrogen-bond acceptors (Lipinski definition) is 2. The summed E-state index contributed by atoms with van der Waals surface area (Å²) in [6.07, 6.45) is 6.72. The molecule has 3 heteroatoms. The van der Waals surface area contributed by atoms with E-state index in [0.717, 1.165) is 25.8 Å². The highest BCUT2D eigenvalue weighted by Crippen LogP contribution is 2.23. The van der Waals surface area contributed by atoms with Crippen molar-refractivity contribution in [1.29, 1.82) is 0 Å². The Morgan fingerprint density at radius 3 is 2.48 bits per heavy atom. The first-order chi connectivity index (χ1) is 10.1. The van der Waals surface area contributed by atoms with Crippen LogP contribution in [-0.2, 0) is 11.2 Å². The Bertz CT molecular complexity index is 424. The molecule has 0 spiro atoms. The van der Waals surface area contributed by atoms with Crippen LogP contribution in [0.2, 0.25) is 0 Å². The summed E-state index contributed by atoms with van der Waals surface area (Å²) in [6.45, 7) is 0.882. The molecule has 0 aliphatic heterocycles. The fourth-order valence-electron chi connectivity index (χ4n) is 3.18. The van der Waals surface area contributed by atoms with E-state index in [4.69, 9.17) is 0 Å². The zero-order valence-electron chi connectivity index (χ0n) is 13.3. The second-order valence-corrected chi connectivity index (χ2v) is 6.49. The molecule has 1 amide bonds. The second-order valence-electron chi connectivity index (χ2n) is 6.49. The van der Waals surface area contributed by atoms with Gasteiger partial charge in [0, 0.05) is 18.5 Å². The van der Waals surface area contributed by atoms with Gasteiger partial charge in [-0.05, 0) is 38.9 Å². The minimum Gasteiger partial charge on any atom is -0.352 e. The lowest BCUT2D eigenvalue weighted by molar-refractivity contribution is -0.126. The van der Waals surface area contributed by atoms with Crippen LogP contribution in [0.5, 0.6) is 0 Å². The summed E-state index contributed by atoms with van der Waals surface area (Å²) in [7, 11) is 4.12. The average molecular weight is 288 g/mol. The Morgan fingerprint density at radius 2 is 1.86 bits per heavy atom. The zero-order valence-corrected chi connectivity index (χ0v) is 13.3. The van der Waals surface area contributed by atoms with Gasteiger partial charge in [0.2, 0.25) is 5.91 Å². The molecule has 116 valence electrons. The maximum Gasteiger partial charge on any atom is 0.223 e.